The molecule has 13 heavy (non-hydrogen) atoms. The van der Waals surface area contributed by atoms with Gasteiger partial charge in [-0.1, -0.05) is 18.2 Å². The zero-order valence-electron chi connectivity index (χ0n) is 6.90. The number of hydrazine groups is 1. The van der Waals surface area contributed by atoms with Crippen molar-refractivity contribution >= 4 is 16.9 Å². The zero-order chi connectivity index (χ0) is 9.26. The lowest BCUT2D eigenvalue weighted by atomic mass is 10.2. The second-order valence-corrected chi connectivity index (χ2v) is 2.69. The summed E-state index contributed by atoms with van der Waals surface area (Å²) >= 11 is 0. The van der Waals surface area contributed by atoms with Gasteiger partial charge in [0.05, 0.1) is 5.52 Å². The molecule has 0 aliphatic heterocycles. The predicted octanol–water partition coefficient (Wildman–Crippen LogP) is 1.07. The molecule has 0 saturated carbocycles. The Hall–Kier alpha value is -1.81. The van der Waals surface area contributed by atoms with Crippen LogP contribution in [0.1, 0.15) is 0 Å². The van der Waals surface area contributed by atoms with E-state index in [9.17, 15) is 4.79 Å². The number of nitrogens with zero attached hydrogens (tertiary/aromatic N) is 1. The van der Waals surface area contributed by atoms with Crippen LogP contribution in [0, 0.1) is 0 Å². The maximum absolute atomic E-state index is 11.2. The number of nitrogens with one attached hydrogen (secondary N) is 1. The Balaban J connectivity index is 2.64. The van der Waals surface area contributed by atoms with Gasteiger partial charge in [-0.05, 0) is 12.1 Å². The van der Waals surface area contributed by atoms with E-state index in [4.69, 9.17) is 5.84 Å². The van der Waals surface area contributed by atoms with Crippen molar-refractivity contribution in [3.05, 3.63) is 36.5 Å². The van der Waals surface area contributed by atoms with E-state index in [0.717, 1.165) is 10.9 Å². The fraction of sp³-hybridized carbons (Fsp3) is 0. The van der Waals surface area contributed by atoms with Crippen LogP contribution >= 0.6 is 0 Å². The van der Waals surface area contributed by atoms with Crippen LogP contribution in [0.15, 0.2) is 36.5 Å². The highest BCUT2D eigenvalue weighted by atomic mass is 16.2. The number of fused-ring (bicyclic) bond motifs is 1. The predicted molar refractivity (Wildman–Crippen MR) is 50.1 cm³/mol. The molecule has 3 N–H and O–H groups in total. The molecule has 2 rings (SSSR count). The van der Waals surface area contributed by atoms with E-state index in [1.54, 1.807) is 6.20 Å². The summed E-state index contributed by atoms with van der Waals surface area (Å²) in [5, 5.41) is 1.02. The number of aromatic nitrogens is 1. The first kappa shape index (κ1) is 7.82. The van der Waals surface area contributed by atoms with Gasteiger partial charge in [0.2, 0.25) is 0 Å². The molecule has 0 aliphatic carbocycles. The minimum Gasteiger partial charge on any atom is -0.275 e. The van der Waals surface area contributed by atoms with E-state index in [-0.39, 0.29) is 6.03 Å². The van der Waals surface area contributed by atoms with Gasteiger partial charge in [-0.3, -0.25) is 9.99 Å². The molecule has 0 spiro atoms. The molecule has 1 amide bonds. The molecular weight excluding hydrogens is 166 g/mol. The molecule has 0 fully saturated rings. The molecule has 4 heteroatoms. The largest absolute Gasteiger partial charge is 0.340 e. The molecule has 4 nitrogen and oxygen atoms in total. The summed E-state index contributed by atoms with van der Waals surface area (Å²) in [6.45, 7) is 0. The molecule has 1 aromatic heterocycles. The van der Waals surface area contributed by atoms with Gasteiger partial charge >= 0.3 is 6.03 Å². The number of amides is 1. The maximum Gasteiger partial charge on any atom is 0.340 e. The molecule has 0 unspecified atom stereocenters. The first-order chi connectivity index (χ1) is 6.33. The molecule has 0 radical (unpaired) electrons. The van der Waals surface area contributed by atoms with Crippen LogP contribution in [-0.4, -0.2) is 10.6 Å². The Labute approximate surface area is 74.9 Å². The summed E-state index contributed by atoms with van der Waals surface area (Å²) in [7, 11) is 0. The van der Waals surface area contributed by atoms with E-state index >= 15 is 0 Å². The van der Waals surface area contributed by atoms with Gasteiger partial charge in [-0.15, -0.1) is 0 Å². The second kappa shape index (κ2) is 2.91. The lowest BCUT2D eigenvalue weighted by molar-refractivity contribution is 0.243. The van der Waals surface area contributed by atoms with Crippen molar-refractivity contribution < 1.29 is 4.79 Å². The Morgan fingerprint density at radius 1 is 1.31 bits per heavy atom. The molecule has 2 aromatic rings. The summed E-state index contributed by atoms with van der Waals surface area (Å²) in [5.74, 6) is 5.03. The fourth-order valence-corrected chi connectivity index (χ4v) is 1.33. The lowest BCUT2D eigenvalue weighted by Crippen LogP contribution is -2.33. The van der Waals surface area contributed by atoms with Crippen LogP contribution in [0.25, 0.3) is 10.9 Å². The molecular formula is C9H9N3O. The topological polar surface area (TPSA) is 60.0 Å². The van der Waals surface area contributed by atoms with Crippen molar-refractivity contribution in [3.8, 4) is 0 Å². The SMILES string of the molecule is NNC(=O)n1ccc2ccccc21. The zero-order valence-corrected chi connectivity index (χ0v) is 6.90. The average Bonchev–Trinajstić information content (AvgIpc) is 2.60. The molecule has 0 atom stereocenters. The minimum absolute atomic E-state index is 0.332. The third-order valence-corrected chi connectivity index (χ3v) is 1.94. The van der Waals surface area contributed by atoms with Crippen molar-refractivity contribution in [2.24, 2.45) is 5.84 Å². The van der Waals surface area contributed by atoms with Gasteiger partial charge in [0.1, 0.15) is 0 Å². The monoisotopic (exact) mass is 175 g/mol. The number of para-hydroxylation sites is 1. The first-order valence-corrected chi connectivity index (χ1v) is 3.90. The van der Waals surface area contributed by atoms with Crippen LogP contribution in [0.5, 0.6) is 0 Å². The van der Waals surface area contributed by atoms with E-state index in [2.05, 4.69) is 5.43 Å². The lowest BCUT2D eigenvalue weighted by Gasteiger charge is -2.01. The summed E-state index contributed by atoms with van der Waals surface area (Å²) in [5.41, 5.74) is 2.94. The summed E-state index contributed by atoms with van der Waals surface area (Å²) in [4.78, 5) is 11.2. The first-order valence-electron chi connectivity index (χ1n) is 3.90. The Morgan fingerprint density at radius 2 is 2.08 bits per heavy atom. The van der Waals surface area contributed by atoms with Crippen molar-refractivity contribution in [3.63, 3.8) is 0 Å². The standard InChI is InChI=1S/C9H9N3O/c10-11-9(13)12-6-5-7-3-1-2-4-8(7)12/h1-6H,10H2,(H,11,13). The van der Waals surface area contributed by atoms with Crippen LogP contribution in [-0.2, 0) is 0 Å². The van der Waals surface area contributed by atoms with Crippen LogP contribution in [0.4, 0.5) is 4.79 Å². The average molecular weight is 175 g/mol. The van der Waals surface area contributed by atoms with E-state index < -0.39 is 0 Å². The highest BCUT2D eigenvalue weighted by Crippen LogP contribution is 2.14. The smallest absolute Gasteiger partial charge is 0.275 e. The summed E-state index contributed by atoms with van der Waals surface area (Å²) in [6, 6.07) is 9.14. The van der Waals surface area contributed by atoms with Gasteiger partial charge in [-0.2, -0.15) is 0 Å². The number of carbonyl (C=O) groups is 1. The summed E-state index contributed by atoms with van der Waals surface area (Å²) in [6.07, 6.45) is 1.69. The van der Waals surface area contributed by atoms with Gasteiger partial charge in [0.15, 0.2) is 0 Å². The normalized spacial score (nSPS) is 10.2. The van der Waals surface area contributed by atoms with E-state index in [0.29, 0.717) is 0 Å². The Kier molecular flexibility index (Phi) is 1.75. The molecule has 0 saturated heterocycles. The molecule has 0 aliphatic rings. The van der Waals surface area contributed by atoms with Crippen LogP contribution in [0.2, 0.25) is 0 Å². The highest BCUT2D eigenvalue weighted by molar-refractivity contribution is 5.91. The van der Waals surface area contributed by atoms with Gasteiger partial charge in [-0.25, -0.2) is 10.6 Å². The fourth-order valence-electron chi connectivity index (χ4n) is 1.33. The molecule has 66 valence electrons. The molecule has 1 heterocycles. The third kappa shape index (κ3) is 1.17. The summed E-state index contributed by atoms with van der Waals surface area (Å²) < 4.78 is 1.47. The Morgan fingerprint density at radius 3 is 2.85 bits per heavy atom. The number of nitrogens with two attached hydrogens (primary N) is 1. The quantitative estimate of drug-likeness (QED) is 0.357. The van der Waals surface area contributed by atoms with Crippen molar-refractivity contribution in [2.45, 2.75) is 0 Å². The third-order valence-electron chi connectivity index (χ3n) is 1.94. The number of benzene rings is 1. The molecule has 0 bridgehead atoms. The van der Waals surface area contributed by atoms with Crippen molar-refractivity contribution in [1.29, 1.82) is 0 Å². The van der Waals surface area contributed by atoms with Gasteiger partial charge < -0.3 is 0 Å². The van der Waals surface area contributed by atoms with Crippen LogP contribution in [0.3, 0.4) is 0 Å². The van der Waals surface area contributed by atoms with E-state index in [1.165, 1.54) is 4.57 Å². The highest BCUT2D eigenvalue weighted by Gasteiger charge is 2.04. The van der Waals surface area contributed by atoms with Gasteiger partial charge in [0, 0.05) is 11.6 Å². The molecule has 1 aromatic carbocycles. The number of rotatable bonds is 0. The van der Waals surface area contributed by atoms with Crippen molar-refractivity contribution in [1.82, 2.24) is 9.99 Å². The van der Waals surface area contributed by atoms with Crippen LogP contribution < -0.4 is 11.3 Å². The van der Waals surface area contributed by atoms with Crippen molar-refractivity contribution in [2.75, 3.05) is 0 Å². The van der Waals surface area contributed by atoms with E-state index in [1.807, 2.05) is 30.3 Å². The Bertz CT molecular complexity index is 447. The number of nitrogen functional groups attached to an aromatic ring is 1. The van der Waals surface area contributed by atoms with Gasteiger partial charge in [0.25, 0.3) is 0 Å². The maximum atomic E-state index is 11.2. The number of carbonyl (C=O) groups excluding carboxylic acids is 1. The second-order valence-electron chi connectivity index (χ2n) is 2.69. The number of hydrogen-bond donors (Lipinski definition) is 2. The number of hydrogen-bond acceptors (Lipinski definition) is 2. The minimum atomic E-state index is -0.332.